The van der Waals surface area contributed by atoms with E-state index in [1.54, 1.807) is 0 Å². The van der Waals surface area contributed by atoms with E-state index < -0.39 is 0 Å². The summed E-state index contributed by atoms with van der Waals surface area (Å²) in [6.07, 6.45) is 0. The van der Waals surface area contributed by atoms with Crippen molar-refractivity contribution in [1.29, 1.82) is 0 Å². The fourth-order valence-electron chi connectivity index (χ4n) is 1.90. The monoisotopic (exact) mass is 301 g/mol. The van der Waals surface area contributed by atoms with Gasteiger partial charge in [0, 0.05) is 13.1 Å². The lowest BCUT2D eigenvalue weighted by atomic mass is 10.1. The minimum atomic E-state index is -0.119. The predicted molar refractivity (Wildman–Crippen MR) is 77.2 cm³/mol. The first-order valence-corrected chi connectivity index (χ1v) is 7.09. The zero-order chi connectivity index (χ0) is 14.5. The van der Waals surface area contributed by atoms with Gasteiger partial charge in [0.1, 0.15) is 0 Å². The summed E-state index contributed by atoms with van der Waals surface area (Å²) >= 11 is 5.95. The molecule has 8 heteroatoms. The molecular weight excluding hydrogens is 282 g/mol. The van der Waals surface area contributed by atoms with Crippen LogP contribution in [0.2, 0.25) is 5.28 Å². The fraction of sp³-hybridized carbons (Fsp3) is 0.750. The molecule has 1 aliphatic heterocycles. The zero-order valence-electron chi connectivity index (χ0n) is 11.7. The quantitative estimate of drug-likeness (QED) is 0.832. The number of hydrogen-bond acceptors (Lipinski definition) is 7. The Bertz CT molecular complexity index is 440. The number of aliphatic hydroxyl groups is 1. The fourth-order valence-corrected chi connectivity index (χ4v) is 2.05. The van der Waals surface area contributed by atoms with Gasteiger partial charge >= 0.3 is 0 Å². The number of ether oxygens (including phenoxy) is 1. The van der Waals surface area contributed by atoms with E-state index >= 15 is 0 Å². The van der Waals surface area contributed by atoms with Gasteiger partial charge in [0.05, 0.1) is 25.9 Å². The first-order chi connectivity index (χ1) is 9.60. The molecule has 0 amide bonds. The third kappa shape index (κ3) is 3.91. The lowest BCUT2D eigenvalue weighted by Gasteiger charge is -2.27. The molecule has 0 bridgehead atoms. The highest BCUT2D eigenvalue weighted by atomic mass is 35.5. The minimum Gasteiger partial charge on any atom is -0.394 e. The lowest BCUT2D eigenvalue weighted by molar-refractivity contribution is 0.122. The molecule has 0 saturated carbocycles. The number of hydrogen-bond donors (Lipinski definition) is 2. The molecule has 2 N–H and O–H groups in total. The summed E-state index contributed by atoms with van der Waals surface area (Å²) < 4.78 is 5.30. The van der Waals surface area contributed by atoms with Crippen LogP contribution in [0.15, 0.2) is 0 Å². The third-order valence-corrected chi connectivity index (χ3v) is 3.38. The van der Waals surface area contributed by atoms with Gasteiger partial charge in [0.2, 0.25) is 17.2 Å². The standard InChI is InChI=1S/C12H20ClN5O2/c1-8(2)9(7-19)14-11-15-10(13)16-12(17-11)18-3-5-20-6-4-18/h8-9,19H,3-7H2,1-2H3,(H,14,15,16,17)/t9-/m1/s1. The Balaban J connectivity index is 2.15. The molecular formula is C12H20ClN5O2. The van der Waals surface area contributed by atoms with Gasteiger partial charge in [-0.1, -0.05) is 13.8 Å². The molecule has 112 valence electrons. The van der Waals surface area contributed by atoms with E-state index in [2.05, 4.69) is 20.3 Å². The van der Waals surface area contributed by atoms with Crippen molar-refractivity contribution in [3.05, 3.63) is 5.28 Å². The van der Waals surface area contributed by atoms with Crippen molar-refractivity contribution in [2.75, 3.05) is 43.1 Å². The number of morpholine rings is 1. The van der Waals surface area contributed by atoms with Gasteiger partial charge in [-0.05, 0) is 17.5 Å². The van der Waals surface area contributed by atoms with E-state index in [9.17, 15) is 5.11 Å². The van der Waals surface area contributed by atoms with Crippen molar-refractivity contribution in [2.45, 2.75) is 19.9 Å². The van der Waals surface area contributed by atoms with Crippen LogP contribution in [-0.4, -0.2) is 59.0 Å². The minimum absolute atomic E-state index is 0.00779. The van der Waals surface area contributed by atoms with Crippen LogP contribution in [0.5, 0.6) is 0 Å². The van der Waals surface area contributed by atoms with E-state index in [1.165, 1.54) is 0 Å². The van der Waals surface area contributed by atoms with Gasteiger partial charge in [0.15, 0.2) is 0 Å². The number of nitrogens with one attached hydrogen (secondary N) is 1. The largest absolute Gasteiger partial charge is 0.394 e. The molecule has 1 saturated heterocycles. The smallest absolute Gasteiger partial charge is 0.231 e. The van der Waals surface area contributed by atoms with Crippen LogP contribution in [0, 0.1) is 5.92 Å². The summed E-state index contributed by atoms with van der Waals surface area (Å²) in [4.78, 5) is 14.6. The Morgan fingerprint density at radius 3 is 2.60 bits per heavy atom. The van der Waals surface area contributed by atoms with Crippen molar-refractivity contribution in [3.8, 4) is 0 Å². The highest BCUT2D eigenvalue weighted by Gasteiger charge is 2.18. The molecule has 0 radical (unpaired) electrons. The van der Waals surface area contributed by atoms with Crippen LogP contribution in [0.25, 0.3) is 0 Å². The van der Waals surface area contributed by atoms with Crippen LogP contribution in [0.3, 0.4) is 0 Å². The Morgan fingerprint density at radius 1 is 1.30 bits per heavy atom. The van der Waals surface area contributed by atoms with Crippen molar-refractivity contribution >= 4 is 23.5 Å². The van der Waals surface area contributed by atoms with E-state index in [-0.39, 0.29) is 23.9 Å². The number of rotatable bonds is 5. The molecule has 2 rings (SSSR count). The maximum atomic E-state index is 9.35. The molecule has 7 nitrogen and oxygen atoms in total. The van der Waals surface area contributed by atoms with Crippen LogP contribution in [0.4, 0.5) is 11.9 Å². The molecule has 0 unspecified atom stereocenters. The Morgan fingerprint density at radius 2 is 2.00 bits per heavy atom. The summed E-state index contributed by atoms with van der Waals surface area (Å²) in [7, 11) is 0. The molecule has 0 spiro atoms. The molecule has 20 heavy (non-hydrogen) atoms. The number of halogens is 1. The maximum Gasteiger partial charge on any atom is 0.231 e. The second kappa shape index (κ2) is 7.01. The van der Waals surface area contributed by atoms with Gasteiger partial charge in [0.25, 0.3) is 0 Å². The Kier molecular flexibility index (Phi) is 5.33. The summed E-state index contributed by atoms with van der Waals surface area (Å²) in [5.41, 5.74) is 0. The van der Waals surface area contributed by atoms with Crippen molar-refractivity contribution < 1.29 is 9.84 Å². The molecule has 1 fully saturated rings. The lowest BCUT2D eigenvalue weighted by Crippen LogP contribution is -2.38. The summed E-state index contributed by atoms with van der Waals surface area (Å²) in [5.74, 6) is 1.18. The molecule has 1 aromatic heterocycles. The highest BCUT2D eigenvalue weighted by Crippen LogP contribution is 2.16. The van der Waals surface area contributed by atoms with E-state index in [0.29, 0.717) is 25.1 Å². The number of aromatic nitrogens is 3. The predicted octanol–water partition coefficient (Wildman–Crippen LogP) is 0.790. The molecule has 1 aromatic rings. The van der Waals surface area contributed by atoms with Crippen molar-refractivity contribution in [2.24, 2.45) is 5.92 Å². The average molecular weight is 302 g/mol. The van der Waals surface area contributed by atoms with Gasteiger partial charge in [-0.3, -0.25) is 0 Å². The number of anilines is 2. The molecule has 0 aromatic carbocycles. The van der Waals surface area contributed by atoms with E-state index in [0.717, 1.165) is 13.1 Å². The van der Waals surface area contributed by atoms with Crippen molar-refractivity contribution in [3.63, 3.8) is 0 Å². The number of nitrogens with zero attached hydrogens (tertiary/aromatic N) is 4. The van der Waals surface area contributed by atoms with Crippen LogP contribution in [-0.2, 0) is 4.74 Å². The molecule has 1 atom stereocenters. The van der Waals surface area contributed by atoms with Gasteiger partial charge in [-0.25, -0.2) is 0 Å². The molecule has 1 aliphatic rings. The summed E-state index contributed by atoms with van der Waals surface area (Å²) in [6.45, 7) is 6.79. The van der Waals surface area contributed by atoms with Gasteiger partial charge < -0.3 is 20.1 Å². The van der Waals surface area contributed by atoms with Crippen LogP contribution < -0.4 is 10.2 Å². The number of aliphatic hydroxyl groups excluding tert-OH is 1. The molecule has 2 heterocycles. The third-order valence-electron chi connectivity index (χ3n) is 3.21. The second-order valence-electron chi connectivity index (χ2n) is 5.00. The maximum absolute atomic E-state index is 9.35. The van der Waals surface area contributed by atoms with E-state index in [4.69, 9.17) is 16.3 Å². The zero-order valence-corrected chi connectivity index (χ0v) is 12.5. The first kappa shape index (κ1) is 15.2. The second-order valence-corrected chi connectivity index (χ2v) is 5.34. The SMILES string of the molecule is CC(C)[C@@H](CO)Nc1nc(Cl)nc(N2CCOCC2)n1. The van der Waals surface area contributed by atoms with Crippen LogP contribution >= 0.6 is 11.6 Å². The van der Waals surface area contributed by atoms with Gasteiger partial charge in [-0.15, -0.1) is 0 Å². The van der Waals surface area contributed by atoms with Crippen molar-refractivity contribution in [1.82, 2.24) is 15.0 Å². The van der Waals surface area contributed by atoms with E-state index in [1.807, 2.05) is 18.7 Å². The summed E-state index contributed by atoms with van der Waals surface area (Å²) in [5, 5.41) is 12.6. The Labute approximate surface area is 123 Å². The Hall–Kier alpha value is -1.18. The normalized spacial score (nSPS) is 17.4. The highest BCUT2D eigenvalue weighted by molar-refractivity contribution is 6.28. The first-order valence-electron chi connectivity index (χ1n) is 6.72. The van der Waals surface area contributed by atoms with Gasteiger partial charge in [-0.2, -0.15) is 15.0 Å². The average Bonchev–Trinajstić information content (AvgIpc) is 2.45. The molecule has 0 aliphatic carbocycles. The topological polar surface area (TPSA) is 83.4 Å². The summed E-state index contributed by atoms with van der Waals surface area (Å²) in [6, 6.07) is -0.119. The van der Waals surface area contributed by atoms with Crippen LogP contribution in [0.1, 0.15) is 13.8 Å².